The molecule has 0 bridgehead atoms. The van der Waals surface area contributed by atoms with Gasteiger partial charge in [0.25, 0.3) is 0 Å². The van der Waals surface area contributed by atoms with Crippen LogP contribution in [0.4, 0.5) is 0 Å². The van der Waals surface area contributed by atoms with Crippen molar-refractivity contribution in [2.75, 3.05) is 6.61 Å². The van der Waals surface area contributed by atoms with Gasteiger partial charge in [-0.05, 0) is 37.6 Å². The minimum Gasteiger partial charge on any atom is -0.462 e. The van der Waals surface area contributed by atoms with Gasteiger partial charge >= 0.3 is 11.9 Å². The van der Waals surface area contributed by atoms with Gasteiger partial charge in [0.05, 0.1) is 6.61 Å². The van der Waals surface area contributed by atoms with Crippen molar-refractivity contribution in [3.63, 3.8) is 0 Å². The van der Waals surface area contributed by atoms with Crippen LogP contribution in [0.15, 0.2) is 12.2 Å². The third-order valence-corrected chi connectivity index (χ3v) is 3.59. The summed E-state index contributed by atoms with van der Waals surface area (Å²) in [6, 6.07) is 0. The fourth-order valence-corrected chi connectivity index (χ4v) is 2.10. The lowest BCUT2D eigenvalue weighted by Gasteiger charge is -2.20. The molecule has 0 rings (SSSR count). The lowest BCUT2D eigenvalue weighted by Crippen LogP contribution is -2.24. The second-order valence-corrected chi connectivity index (χ2v) is 6.44. The van der Waals surface area contributed by atoms with Crippen molar-refractivity contribution in [2.24, 2.45) is 5.92 Å². The summed E-state index contributed by atoms with van der Waals surface area (Å²) in [5.41, 5.74) is -0.550. The summed E-state index contributed by atoms with van der Waals surface area (Å²) in [5, 5.41) is 4.45. The quantitative estimate of drug-likeness (QED) is 0.215. The average molecular weight is 344 g/mol. The number of esters is 1. The molecule has 0 aromatic heterocycles. The molecule has 0 fully saturated rings. The van der Waals surface area contributed by atoms with Crippen molar-refractivity contribution in [2.45, 2.75) is 78.7 Å². The van der Waals surface area contributed by atoms with E-state index in [9.17, 15) is 9.59 Å². The molecule has 0 aliphatic rings. The van der Waals surface area contributed by atoms with Crippen molar-refractivity contribution >= 4 is 11.9 Å². The summed E-state index contributed by atoms with van der Waals surface area (Å²) in [6.07, 6.45) is 7.86. The molecule has 0 amide bonds. The fourth-order valence-electron chi connectivity index (χ4n) is 2.10. The summed E-state index contributed by atoms with van der Waals surface area (Å²) < 4.78 is 5.13. The Morgan fingerprint density at radius 2 is 1.71 bits per heavy atom. The van der Waals surface area contributed by atoms with Crippen LogP contribution in [-0.4, -0.2) is 24.1 Å². The first-order valence-corrected chi connectivity index (χ1v) is 8.75. The number of carbonyl (C=O) groups excluding carboxylic acids is 2. The van der Waals surface area contributed by atoms with Gasteiger partial charge in [-0.3, -0.25) is 4.89 Å². The van der Waals surface area contributed by atoms with Gasteiger partial charge in [0.2, 0.25) is 0 Å². The number of ether oxygens (including phenoxy) is 1. The van der Waals surface area contributed by atoms with Crippen molar-refractivity contribution in [1.82, 2.24) is 0 Å². The van der Waals surface area contributed by atoms with Crippen molar-refractivity contribution in [1.29, 1.82) is 0 Å². The molecule has 0 heterocycles. The number of carbonyl (C=O) groups is 2. The highest BCUT2D eigenvalue weighted by Gasteiger charge is 2.20. The second-order valence-electron chi connectivity index (χ2n) is 6.44. The highest BCUT2D eigenvalue weighted by molar-refractivity contribution is 5.91. The maximum atomic E-state index is 11.6. The Morgan fingerprint density at radius 3 is 2.29 bits per heavy atom. The molecule has 140 valence electrons. The van der Waals surface area contributed by atoms with Gasteiger partial charge in [-0.25, -0.2) is 9.59 Å². The first-order chi connectivity index (χ1) is 11.3. The number of hydrogen-bond acceptors (Lipinski definition) is 6. The standard InChI is InChI=1S/C18H32O6/c1-6-9-10-15(8-3)14-21-16(19)11-12-17(20)22-24-23-18(4,5)13-7-2/h11-12,15H,6-10,13-14H2,1-5H3/b12-11+. The zero-order chi connectivity index (χ0) is 18.4. The minimum atomic E-state index is -0.836. The molecule has 0 aromatic carbocycles. The smallest absolute Gasteiger partial charge is 0.369 e. The lowest BCUT2D eigenvalue weighted by atomic mass is 10.0. The van der Waals surface area contributed by atoms with Crippen molar-refractivity contribution in [3.8, 4) is 0 Å². The van der Waals surface area contributed by atoms with Crippen molar-refractivity contribution in [3.05, 3.63) is 12.2 Å². The number of hydrogen-bond donors (Lipinski definition) is 0. The van der Waals surface area contributed by atoms with Crippen LogP contribution in [0.3, 0.4) is 0 Å². The minimum absolute atomic E-state index is 0.354. The van der Waals surface area contributed by atoms with Gasteiger partial charge in [0, 0.05) is 12.2 Å². The van der Waals surface area contributed by atoms with E-state index < -0.39 is 17.5 Å². The molecule has 6 nitrogen and oxygen atoms in total. The van der Waals surface area contributed by atoms with Crippen LogP contribution in [0.25, 0.3) is 0 Å². The molecule has 0 radical (unpaired) electrons. The zero-order valence-electron chi connectivity index (χ0n) is 15.6. The van der Waals surface area contributed by atoms with Crippen LogP contribution in [0.5, 0.6) is 0 Å². The summed E-state index contributed by atoms with van der Waals surface area (Å²) in [5.74, 6) is -1.06. The molecular weight excluding hydrogens is 312 g/mol. The van der Waals surface area contributed by atoms with E-state index in [0.29, 0.717) is 12.5 Å². The Bertz CT molecular complexity index is 389. The molecule has 1 atom stereocenters. The van der Waals surface area contributed by atoms with Gasteiger partial charge in [0.1, 0.15) is 5.60 Å². The molecular formula is C18H32O6. The maximum Gasteiger partial charge on any atom is 0.369 e. The Kier molecular flexibility index (Phi) is 12.2. The molecule has 0 aromatic rings. The van der Waals surface area contributed by atoms with Gasteiger partial charge in [-0.15, -0.1) is 0 Å². The SMILES string of the molecule is CCCCC(CC)COC(=O)/C=C/C(=O)OOOC(C)(C)CCC. The lowest BCUT2D eigenvalue weighted by molar-refractivity contribution is -0.515. The van der Waals surface area contributed by atoms with Gasteiger partial charge in [-0.1, -0.05) is 46.5 Å². The molecule has 0 spiro atoms. The van der Waals surface area contributed by atoms with Gasteiger partial charge in [0.15, 0.2) is 0 Å². The summed E-state index contributed by atoms with van der Waals surface area (Å²) in [4.78, 5) is 32.4. The van der Waals surface area contributed by atoms with E-state index in [2.05, 4.69) is 23.8 Å². The van der Waals surface area contributed by atoms with Crippen LogP contribution in [-0.2, 0) is 29.1 Å². The van der Waals surface area contributed by atoms with E-state index >= 15 is 0 Å². The molecule has 0 saturated heterocycles. The first-order valence-electron chi connectivity index (χ1n) is 8.75. The largest absolute Gasteiger partial charge is 0.462 e. The summed E-state index contributed by atoms with van der Waals surface area (Å²) in [6.45, 7) is 10.2. The van der Waals surface area contributed by atoms with Crippen molar-refractivity contribution < 1.29 is 29.1 Å². The highest BCUT2D eigenvalue weighted by atomic mass is 17.5. The first kappa shape index (κ1) is 22.6. The number of unbranched alkanes of at least 4 members (excludes halogenated alkanes) is 1. The van der Waals surface area contributed by atoms with Crippen LogP contribution in [0.2, 0.25) is 0 Å². The second kappa shape index (κ2) is 13.0. The maximum absolute atomic E-state index is 11.6. The average Bonchev–Trinajstić information content (AvgIpc) is 2.52. The topological polar surface area (TPSA) is 71.1 Å². The van der Waals surface area contributed by atoms with E-state index in [4.69, 9.17) is 9.62 Å². The normalized spacial score (nSPS) is 13.0. The third-order valence-electron chi connectivity index (χ3n) is 3.59. The third kappa shape index (κ3) is 12.1. The van der Waals surface area contributed by atoms with Crippen LogP contribution in [0, 0.1) is 5.92 Å². The van der Waals surface area contributed by atoms with E-state index in [0.717, 1.165) is 50.7 Å². The molecule has 0 N–H and O–H groups in total. The van der Waals surface area contributed by atoms with Crippen LogP contribution < -0.4 is 0 Å². The van der Waals surface area contributed by atoms with E-state index in [-0.39, 0.29) is 0 Å². The molecule has 24 heavy (non-hydrogen) atoms. The summed E-state index contributed by atoms with van der Waals surface area (Å²) in [7, 11) is 0. The number of rotatable bonds is 13. The predicted molar refractivity (Wildman–Crippen MR) is 90.7 cm³/mol. The van der Waals surface area contributed by atoms with Gasteiger partial charge < -0.3 is 4.74 Å². The Balaban J connectivity index is 4.01. The van der Waals surface area contributed by atoms with E-state index in [1.54, 1.807) is 0 Å². The molecule has 0 aliphatic carbocycles. The zero-order valence-corrected chi connectivity index (χ0v) is 15.6. The summed E-state index contributed by atoms with van der Waals surface area (Å²) >= 11 is 0. The molecule has 0 aliphatic heterocycles. The highest BCUT2D eigenvalue weighted by Crippen LogP contribution is 2.16. The van der Waals surface area contributed by atoms with E-state index in [1.807, 2.05) is 20.8 Å². The fraction of sp³-hybridized carbons (Fsp3) is 0.778. The van der Waals surface area contributed by atoms with Gasteiger partial charge in [-0.2, -0.15) is 4.89 Å². The Hall–Kier alpha value is -1.40. The molecule has 6 heteroatoms. The van der Waals surface area contributed by atoms with Crippen LogP contribution >= 0.6 is 0 Å². The monoisotopic (exact) mass is 344 g/mol. The predicted octanol–water partition coefficient (Wildman–Crippen LogP) is 4.29. The van der Waals surface area contributed by atoms with Crippen LogP contribution in [0.1, 0.15) is 73.1 Å². The van der Waals surface area contributed by atoms with E-state index in [1.165, 1.54) is 0 Å². The molecule has 1 unspecified atom stereocenters. The Morgan fingerprint density at radius 1 is 1.04 bits per heavy atom. The molecule has 0 saturated carbocycles. The Labute approximate surface area is 145 Å².